The number of anilines is 2. The van der Waals surface area contributed by atoms with E-state index in [0.717, 1.165) is 32.3 Å². The van der Waals surface area contributed by atoms with E-state index in [1.54, 1.807) is 21.6 Å². The predicted molar refractivity (Wildman–Crippen MR) is 161 cm³/mol. The van der Waals surface area contributed by atoms with Crippen LogP contribution in [0.5, 0.6) is 0 Å². The third kappa shape index (κ3) is 4.34. The molecule has 2 bridgehead atoms. The van der Waals surface area contributed by atoms with Gasteiger partial charge in [0.15, 0.2) is 6.04 Å². The number of rotatable bonds is 4. The van der Waals surface area contributed by atoms with Crippen LogP contribution >= 0.6 is 11.8 Å². The number of fused-ring (bicyclic) bond motifs is 4. The van der Waals surface area contributed by atoms with Crippen molar-refractivity contribution in [3.05, 3.63) is 120 Å². The summed E-state index contributed by atoms with van der Waals surface area (Å²) >= 11 is 1.59. The van der Waals surface area contributed by atoms with Gasteiger partial charge >= 0.3 is 12.0 Å². The SMILES string of the molecule is O=C(O)[C@@H]1[C@H]2CC[C@@H](CN1C(=O)N1c3ccccc3Sc3ccccc31)N2C(=O)C(c1ccccc1)c1ccccc1. The van der Waals surface area contributed by atoms with Gasteiger partial charge in [0.05, 0.1) is 23.3 Å². The van der Waals surface area contributed by atoms with Gasteiger partial charge in [0, 0.05) is 22.4 Å². The highest BCUT2D eigenvalue weighted by Crippen LogP contribution is 2.49. The first-order chi connectivity index (χ1) is 20.5. The lowest BCUT2D eigenvalue weighted by molar-refractivity contribution is -0.151. The number of likely N-dealkylation sites (tertiary alicyclic amines) is 1. The molecule has 7 rings (SSSR count). The van der Waals surface area contributed by atoms with Crippen LogP contribution in [0.3, 0.4) is 0 Å². The molecule has 7 nitrogen and oxygen atoms in total. The van der Waals surface area contributed by atoms with E-state index in [2.05, 4.69) is 0 Å². The predicted octanol–water partition coefficient (Wildman–Crippen LogP) is 6.37. The van der Waals surface area contributed by atoms with Gasteiger partial charge in [-0.2, -0.15) is 0 Å². The molecule has 42 heavy (non-hydrogen) atoms. The van der Waals surface area contributed by atoms with Crippen LogP contribution < -0.4 is 4.90 Å². The van der Waals surface area contributed by atoms with Crippen molar-refractivity contribution in [3.8, 4) is 0 Å². The van der Waals surface area contributed by atoms with Gasteiger partial charge in [0.2, 0.25) is 5.91 Å². The van der Waals surface area contributed by atoms with Crippen LogP contribution in [0.2, 0.25) is 0 Å². The molecule has 4 aromatic rings. The van der Waals surface area contributed by atoms with Crippen LogP contribution in [0, 0.1) is 0 Å². The van der Waals surface area contributed by atoms with Crippen LogP contribution in [0.1, 0.15) is 29.9 Å². The number of hydrogen-bond donors (Lipinski definition) is 1. The standard InChI is InChI=1S/C34H29N3O4S/c38-32(30(22-11-3-1-4-12-22)23-13-5-2-6-14-23)36-24-19-20-27(36)31(33(39)40)35(21-24)34(41)37-25-15-7-9-17-28(25)42-29-18-10-8-16-26(29)37/h1-18,24,27,30-31H,19-21H2,(H,39,40)/t24-,27+,31-/m0/s1. The topological polar surface area (TPSA) is 81.2 Å². The lowest BCUT2D eigenvalue weighted by atomic mass is 9.88. The van der Waals surface area contributed by atoms with Crippen LogP contribution in [-0.4, -0.2) is 57.5 Å². The molecule has 3 heterocycles. The summed E-state index contributed by atoms with van der Waals surface area (Å²) in [7, 11) is 0. The Labute approximate surface area is 248 Å². The molecule has 0 radical (unpaired) electrons. The average molecular weight is 576 g/mol. The fraction of sp³-hybridized carbons (Fsp3) is 0.206. The Balaban J connectivity index is 1.26. The first kappa shape index (κ1) is 26.3. The summed E-state index contributed by atoms with van der Waals surface area (Å²) in [5.74, 6) is -1.79. The lowest BCUT2D eigenvalue weighted by Crippen LogP contribution is -2.66. The van der Waals surface area contributed by atoms with Crippen molar-refractivity contribution in [1.82, 2.24) is 9.80 Å². The van der Waals surface area contributed by atoms with Crippen molar-refractivity contribution in [2.24, 2.45) is 0 Å². The second-order valence-corrected chi connectivity index (χ2v) is 12.0. The molecule has 1 N–H and O–H groups in total. The third-order valence-corrected chi connectivity index (χ3v) is 9.67. The van der Waals surface area contributed by atoms with Gasteiger partial charge < -0.3 is 14.9 Å². The molecule has 3 atom stereocenters. The molecule has 0 spiro atoms. The zero-order valence-corrected chi connectivity index (χ0v) is 23.6. The number of carboxylic acid groups (broad SMARTS) is 1. The molecule has 3 aliphatic heterocycles. The summed E-state index contributed by atoms with van der Waals surface area (Å²) in [4.78, 5) is 48.6. The number of piperazine rings is 1. The molecular formula is C34H29N3O4S. The van der Waals surface area contributed by atoms with Crippen molar-refractivity contribution in [2.45, 2.75) is 46.7 Å². The number of urea groups is 1. The third-order valence-electron chi connectivity index (χ3n) is 8.54. The molecule has 0 aliphatic carbocycles. The molecule has 3 amide bonds. The van der Waals surface area contributed by atoms with E-state index in [9.17, 15) is 19.5 Å². The second-order valence-electron chi connectivity index (χ2n) is 10.9. The van der Waals surface area contributed by atoms with Crippen LogP contribution in [-0.2, 0) is 9.59 Å². The highest BCUT2D eigenvalue weighted by molar-refractivity contribution is 7.99. The Bertz CT molecular complexity index is 1580. The number of benzene rings is 4. The first-order valence-corrected chi connectivity index (χ1v) is 15.0. The number of carbonyl (C=O) groups excluding carboxylic acids is 2. The Kier molecular flexibility index (Phi) is 6.70. The van der Waals surface area contributed by atoms with E-state index in [-0.39, 0.29) is 24.5 Å². The maximum absolute atomic E-state index is 14.5. The van der Waals surface area contributed by atoms with E-state index in [4.69, 9.17) is 0 Å². The Hall–Kier alpha value is -4.56. The maximum Gasteiger partial charge on any atom is 0.330 e. The summed E-state index contributed by atoms with van der Waals surface area (Å²) in [6, 6.07) is 32.2. The number of aliphatic carboxylic acids is 1. The second kappa shape index (κ2) is 10.7. The molecule has 3 aliphatic rings. The smallest absolute Gasteiger partial charge is 0.330 e. The van der Waals surface area contributed by atoms with Crippen molar-refractivity contribution in [2.75, 3.05) is 11.4 Å². The van der Waals surface area contributed by atoms with E-state index < -0.39 is 24.0 Å². The van der Waals surface area contributed by atoms with Gasteiger partial charge in [-0.3, -0.25) is 9.69 Å². The zero-order chi connectivity index (χ0) is 28.8. The van der Waals surface area contributed by atoms with Crippen LogP contribution in [0.4, 0.5) is 16.2 Å². The summed E-state index contributed by atoms with van der Waals surface area (Å²) in [6.07, 6.45) is 1.17. The maximum atomic E-state index is 14.5. The molecule has 8 heteroatoms. The van der Waals surface area contributed by atoms with Crippen molar-refractivity contribution < 1.29 is 19.5 Å². The number of carboxylic acids is 1. The van der Waals surface area contributed by atoms with Crippen molar-refractivity contribution in [3.63, 3.8) is 0 Å². The monoisotopic (exact) mass is 575 g/mol. The lowest BCUT2D eigenvalue weighted by Gasteiger charge is -2.47. The molecule has 2 saturated heterocycles. The molecule has 4 aromatic carbocycles. The highest BCUT2D eigenvalue weighted by atomic mass is 32.2. The van der Waals surface area contributed by atoms with E-state index in [0.29, 0.717) is 12.8 Å². The van der Waals surface area contributed by atoms with Gasteiger partial charge in [-0.1, -0.05) is 96.7 Å². The Morgan fingerprint density at radius 2 is 1.24 bits per heavy atom. The number of nitrogens with zero attached hydrogens (tertiary/aromatic N) is 3. The van der Waals surface area contributed by atoms with E-state index in [1.807, 2.05) is 109 Å². The number of hydrogen-bond acceptors (Lipinski definition) is 4. The van der Waals surface area contributed by atoms with Crippen LogP contribution in [0.15, 0.2) is 119 Å². The quantitative estimate of drug-likeness (QED) is 0.306. The highest BCUT2D eigenvalue weighted by Gasteiger charge is 2.54. The molecule has 0 unspecified atom stereocenters. The fourth-order valence-corrected chi connectivity index (χ4v) is 7.80. The minimum Gasteiger partial charge on any atom is -0.480 e. The van der Waals surface area contributed by atoms with E-state index in [1.165, 1.54) is 4.90 Å². The first-order valence-electron chi connectivity index (χ1n) is 14.1. The van der Waals surface area contributed by atoms with Gasteiger partial charge in [-0.05, 0) is 48.2 Å². The molecule has 0 saturated carbocycles. The van der Waals surface area contributed by atoms with Gasteiger partial charge in [-0.25, -0.2) is 9.59 Å². The summed E-state index contributed by atoms with van der Waals surface area (Å²) in [5.41, 5.74) is 3.18. The fourth-order valence-electron chi connectivity index (χ4n) is 6.74. The number of amides is 3. The zero-order valence-electron chi connectivity index (χ0n) is 22.7. The molecule has 2 fully saturated rings. The minimum absolute atomic E-state index is 0.122. The van der Waals surface area contributed by atoms with Gasteiger partial charge in [0.1, 0.15) is 0 Å². The largest absolute Gasteiger partial charge is 0.480 e. The van der Waals surface area contributed by atoms with E-state index >= 15 is 0 Å². The Morgan fingerprint density at radius 3 is 1.79 bits per heavy atom. The normalized spacial score (nSPS) is 20.7. The van der Waals surface area contributed by atoms with Crippen molar-refractivity contribution in [1.29, 1.82) is 0 Å². The number of para-hydroxylation sites is 2. The van der Waals surface area contributed by atoms with Crippen LogP contribution in [0.25, 0.3) is 0 Å². The Morgan fingerprint density at radius 1 is 0.714 bits per heavy atom. The average Bonchev–Trinajstić information content (AvgIpc) is 3.32. The number of carbonyl (C=O) groups is 3. The molecule has 210 valence electrons. The summed E-state index contributed by atoms with van der Waals surface area (Å²) in [6.45, 7) is 0.155. The minimum atomic E-state index is -1.17. The van der Waals surface area contributed by atoms with Crippen molar-refractivity contribution >= 4 is 41.0 Å². The molecule has 0 aromatic heterocycles. The van der Waals surface area contributed by atoms with Gasteiger partial charge in [-0.15, -0.1) is 0 Å². The summed E-state index contributed by atoms with van der Waals surface area (Å²) in [5, 5.41) is 10.6. The van der Waals surface area contributed by atoms with Gasteiger partial charge in [0.25, 0.3) is 0 Å². The summed E-state index contributed by atoms with van der Waals surface area (Å²) < 4.78 is 0. The molecular weight excluding hydrogens is 546 g/mol.